The number of rotatable bonds is 3. The van der Waals surface area contributed by atoms with Crippen LogP contribution in [-0.2, 0) is 4.79 Å². The quantitative estimate of drug-likeness (QED) is 0.929. The van der Waals surface area contributed by atoms with Gasteiger partial charge in [0.05, 0.1) is 11.8 Å². The molecule has 0 aliphatic heterocycles. The van der Waals surface area contributed by atoms with E-state index in [1.54, 1.807) is 6.07 Å². The van der Waals surface area contributed by atoms with Crippen LogP contribution in [0.25, 0.3) is 0 Å². The third-order valence-corrected chi connectivity index (χ3v) is 2.38. The Kier molecular flexibility index (Phi) is 4.55. The number of alkyl halides is 3. The lowest BCUT2D eigenvalue weighted by Crippen LogP contribution is -2.17. The minimum atomic E-state index is -4.80. The molecule has 96 valence electrons. The summed E-state index contributed by atoms with van der Waals surface area (Å²) in [6.45, 7) is 0. The Labute approximate surface area is 108 Å². The summed E-state index contributed by atoms with van der Waals surface area (Å²) in [7, 11) is 0. The highest BCUT2D eigenvalue weighted by Crippen LogP contribution is 2.30. The van der Waals surface area contributed by atoms with Crippen molar-refractivity contribution < 1.29 is 22.7 Å². The molecule has 1 aromatic rings. The molecule has 0 aromatic heterocycles. The molecule has 0 bridgehead atoms. The van der Waals surface area contributed by atoms with Crippen molar-refractivity contribution in [1.82, 2.24) is 0 Å². The third-order valence-electron chi connectivity index (χ3n) is 1.69. The van der Waals surface area contributed by atoms with Gasteiger partial charge in [-0.05, 0) is 28.1 Å². The second-order valence-corrected chi connectivity index (χ2v) is 3.93. The van der Waals surface area contributed by atoms with E-state index in [0.717, 1.165) is 12.1 Å². The van der Waals surface area contributed by atoms with Crippen LogP contribution in [-0.4, -0.2) is 12.3 Å². The molecular formula is C10H6BrF3N2O2. The number of nitrogens with one attached hydrogen (secondary N) is 1. The van der Waals surface area contributed by atoms with Crippen molar-refractivity contribution in [2.24, 2.45) is 0 Å². The van der Waals surface area contributed by atoms with Gasteiger partial charge in [-0.15, -0.1) is 13.2 Å². The van der Waals surface area contributed by atoms with E-state index in [1.165, 1.54) is 6.07 Å². The Balaban J connectivity index is 2.88. The standard InChI is InChI=1S/C10H6BrF3N2O2/c11-7-2-1-6(18-10(12,13)14)5-8(7)16-9(17)3-4-15/h1-2,5H,3H2,(H,16,17). The van der Waals surface area contributed by atoms with E-state index in [9.17, 15) is 18.0 Å². The van der Waals surface area contributed by atoms with Crippen LogP contribution in [0.1, 0.15) is 6.42 Å². The zero-order valence-corrected chi connectivity index (χ0v) is 10.3. The molecule has 8 heteroatoms. The number of ether oxygens (including phenoxy) is 1. The summed E-state index contributed by atoms with van der Waals surface area (Å²) in [5, 5.41) is 10.6. The van der Waals surface area contributed by atoms with Crippen LogP contribution >= 0.6 is 15.9 Å². The van der Waals surface area contributed by atoms with Gasteiger partial charge in [0, 0.05) is 10.5 Å². The van der Waals surface area contributed by atoms with Crippen molar-refractivity contribution in [1.29, 1.82) is 5.26 Å². The molecular weight excluding hydrogens is 317 g/mol. The predicted octanol–water partition coefficient (Wildman–Crippen LogP) is 3.20. The highest BCUT2D eigenvalue weighted by Gasteiger charge is 2.31. The molecule has 0 atom stereocenters. The molecule has 0 heterocycles. The highest BCUT2D eigenvalue weighted by atomic mass is 79.9. The molecule has 0 fully saturated rings. The summed E-state index contributed by atoms with van der Waals surface area (Å²) in [5.74, 6) is -1.08. The number of carbonyl (C=O) groups excluding carboxylic acids is 1. The number of amides is 1. The molecule has 0 radical (unpaired) electrons. The van der Waals surface area contributed by atoms with Gasteiger partial charge in [0.2, 0.25) is 5.91 Å². The fraction of sp³-hybridized carbons (Fsp3) is 0.200. The van der Waals surface area contributed by atoms with Gasteiger partial charge in [0.1, 0.15) is 12.2 Å². The van der Waals surface area contributed by atoms with Crippen molar-refractivity contribution in [2.75, 3.05) is 5.32 Å². The summed E-state index contributed by atoms with van der Waals surface area (Å²) in [5.41, 5.74) is 0.0944. The molecule has 0 saturated heterocycles. The maximum Gasteiger partial charge on any atom is 0.573 e. The smallest absolute Gasteiger partial charge is 0.406 e. The van der Waals surface area contributed by atoms with Gasteiger partial charge in [-0.3, -0.25) is 4.79 Å². The summed E-state index contributed by atoms with van der Waals surface area (Å²) in [6.07, 6.45) is -5.20. The number of nitriles is 1. The Bertz CT molecular complexity index is 497. The molecule has 0 unspecified atom stereocenters. The number of hydrogen-bond acceptors (Lipinski definition) is 3. The van der Waals surface area contributed by atoms with Crippen LogP contribution in [0.5, 0.6) is 5.75 Å². The number of halogens is 4. The maximum atomic E-state index is 12.0. The van der Waals surface area contributed by atoms with Crippen LogP contribution in [0.3, 0.4) is 0 Å². The summed E-state index contributed by atoms with van der Waals surface area (Å²) >= 11 is 3.06. The Morgan fingerprint density at radius 3 is 2.72 bits per heavy atom. The second kappa shape index (κ2) is 5.73. The number of hydrogen-bond donors (Lipinski definition) is 1. The van der Waals surface area contributed by atoms with Gasteiger partial charge in [-0.25, -0.2) is 0 Å². The monoisotopic (exact) mass is 322 g/mol. The van der Waals surface area contributed by atoms with E-state index in [1.807, 2.05) is 0 Å². The Morgan fingerprint density at radius 2 is 2.17 bits per heavy atom. The molecule has 1 amide bonds. The van der Waals surface area contributed by atoms with Crippen molar-refractivity contribution >= 4 is 27.5 Å². The van der Waals surface area contributed by atoms with E-state index >= 15 is 0 Å². The topological polar surface area (TPSA) is 62.1 Å². The van der Waals surface area contributed by atoms with Crippen LogP contribution in [0.15, 0.2) is 22.7 Å². The normalized spacial score (nSPS) is 10.6. The van der Waals surface area contributed by atoms with E-state index in [0.29, 0.717) is 4.47 Å². The minimum Gasteiger partial charge on any atom is -0.406 e. The van der Waals surface area contributed by atoms with Gasteiger partial charge in [0.25, 0.3) is 0 Å². The molecule has 0 aliphatic carbocycles. The third kappa shape index (κ3) is 4.63. The average Bonchev–Trinajstić information content (AvgIpc) is 2.21. The lowest BCUT2D eigenvalue weighted by Gasteiger charge is -2.11. The fourth-order valence-corrected chi connectivity index (χ4v) is 1.41. The number of anilines is 1. The lowest BCUT2D eigenvalue weighted by atomic mass is 10.3. The van der Waals surface area contributed by atoms with Gasteiger partial charge in [-0.2, -0.15) is 5.26 Å². The van der Waals surface area contributed by atoms with Crippen molar-refractivity contribution in [3.63, 3.8) is 0 Å². The molecule has 4 nitrogen and oxygen atoms in total. The summed E-state index contributed by atoms with van der Waals surface area (Å²) < 4.78 is 40.1. The van der Waals surface area contributed by atoms with Crippen LogP contribution < -0.4 is 10.1 Å². The molecule has 1 rings (SSSR count). The van der Waals surface area contributed by atoms with Crippen LogP contribution in [0, 0.1) is 11.3 Å². The van der Waals surface area contributed by atoms with Crippen molar-refractivity contribution in [3.05, 3.63) is 22.7 Å². The zero-order chi connectivity index (χ0) is 13.8. The maximum absolute atomic E-state index is 12.0. The number of benzene rings is 1. The van der Waals surface area contributed by atoms with E-state index in [4.69, 9.17) is 5.26 Å². The van der Waals surface area contributed by atoms with Crippen LogP contribution in [0.4, 0.5) is 18.9 Å². The van der Waals surface area contributed by atoms with Gasteiger partial charge in [-0.1, -0.05) is 0 Å². The van der Waals surface area contributed by atoms with Gasteiger partial charge < -0.3 is 10.1 Å². The molecule has 18 heavy (non-hydrogen) atoms. The molecule has 1 N–H and O–H groups in total. The first-order chi connectivity index (χ1) is 8.31. The molecule has 0 aliphatic rings. The fourth-order valence-electron chi connectivity index (χ4n) is 1.06. The summed E-state index contributed by atoms with van der Waals surface area (Å²) in [6, 6.07) is 5.02. The SMILES string of the molecule is N#CCC(=O)Nc1cc(OC(F)(F)F)ccc1Br. The first-order valence-electron chi connectivity index (χ1n) is 4.54. The van der Waals surface area contributed by atoms with E-state index in [-0.39, 0.29) is 5.69 Å². The second-order valence-electron chi connectivity index (χ2n) is 3.07. The van der Waals surface area contributed by atoms with Gasteiger partial charge >= 0.3 is 6.36 Å². The molecule has 0 spiro atoms. The van der Waals surface area contributed by atoms with Crippen molar-refractivity contribution in [2.45, 2.75) is 12.8 Å². The largest absolute Gasteiger partial charge is 0.573 e. The minimum absolute atomic E-state index is 0.0944. The predicted molar refractivity (Wildman–Crippen MR) is 59.7 cm³/mol. The van der Waals surface area contributed by atoms with E-state index in [2.05, 4.69) is 26.0 Å². The van der Waals surface area contributed by atoms with E-state index < -0.39 is 24.4 Å². The first kappa shape index (κ1) is 14.3. The summed E-state index contributed by atoms with van der Waals surface area (Å²) in [4.78, 5) is 11.1. The number of carbonyl (C=O) groups is 1. The average molecular weight is 323 g/mol. The van der Waals surface area contributed by atoms with Crippen LogP contribution in [0.2, 0.25) is 0 Å². The zero-order valence-electron chi connectivity index (χ0n) is 8.71. The molecule has 1 aromatic carbocycles. The molecule has 0 saturated carbocycles. The first-order valence-corrected chi connectivity index (χ1v) is 5.33. The lowest BCUT2D eigenvalue weighted by molar-refractivity contribution is -0.274. The Morgan fingerprint density at radius 1 is 1.50 bits per heavy atom. The van der Waals surface area contributed by atoms with Crippen molar-refractivity contribution in [3.8, 4) is 11.8 Å². The van der Waals surface area contributed by atoms with Gasteiger partial charge in [0.15, 0.2) is 0 Å². The number of nitrogens with zero attached hydrogens (tertiary/aromatic N) is 1. The highest BCUT2D eigenvalue weighted by molar-refractivity contribution is 9.10. The Hall–Kier alpha value is -1.75.